The Morgan fingerprint density at radius 1 is 1.35 bits per heavy atom. The molecule has 3 rings (SSSR count). The number of nitrogens with zero attached hydrogens (tertiary/aromatic N) is 3. The molecule has 23 heavy (non-hydrogen) atoms. The SMILES string of the molecule is CN1CCNCC1C(=O)NC1=NN(c2ccc(Cl)c(Cl)c2)CC1. The molecular formula is C15H19Cl2N5O. The average Bonchev–Trinajstić information content (AvgIpc) is 2.99. The molecule has 2 aliphatic heterocycles. The van der Waals surface area contributed by atoms with Crippen LogP contribution in [0.15, 0.2) is 23.3 Å². The van der Waals surface area contributed by atoms with Gasteiger partial charge in [0.15, 0.2) is 0 Å². The zero-order valence-corrected chi connectivity index (χ0v) is 14.4. The number of carbonyl (C=O) groups excluding carboxylic acids is 1. The van der Waals surface area contributed by atoms with Gasteiger partial charge in [-0.15, -0.1) is 0 Å². The van der Waals surface area contributed by atoms with E-state index in [0.717, 1.165) is 18.8 Å². The van der Waals surface area contributed by atoms with Gasteiger partial charge in [-0.25, -0.2) is 0 Å². The number of rotatable bonds is 2. The molecule has 1 aromatic rings. The van der Waals surface area contributed by atoms with E-state index in [1.54, 1.807) is 12.1 Å². The summed E-state index contributed by atoms with van der Waals surface area (Å²) in [6, 6.07) is 5.22. The van der Waals surface area contributed by atoms with Crippen molar-refractivity contribution >= 4 is 40.6 Å². The summed E-state index contributed by atoms with van der Waals surface area (Å²) in [6.45, 7) is 3.13. The molecule has 1 amide bonds. The Morgan fingerprint density at radius 2 is 2.17 bits per heavy atom. The normalized spacial score (nSPS) is 22.1. The van der Waals surface area contributed by atoms with Crippen LogP contribution < -0.4 is 15.6 Å². The molecular weight excluding hydrogens is 337 g/mol. The minimum atomic E-state index is -0.162. The van der Waals surface area contributed by atoms with E-state index in [0.29, 0.717) is 35.4 Å². The van der Waals surface area contributed by atoms with Crippen molar-refractivity contribution in [2.24, 2.45) is 5.10 Å². The maximum atomic E-state index is 12.4. The Bertz CT molecular complexity index is 636. The molecule has 2 aliphatic rings. The molecule has 2 heterocycles. The number of hydrogen-bond acceptors (Lipinski definition) is 5. The number of halogens is 2. The van der Waals surface area contributed by atoms with E-state index in [4.69, 9.17) is 23.2 Å². The minimum Gasteiger partial charge on any atom is -0.313 e. The molecule has 1 atom stereocenters. The van der Waals surface area contributed by atoms with E-state index in [-0.39, 0.29) is 11.9 Å². The minimum absolute atomic E-state index is 0.0190. The van der Waals surface area contributed by atoms with Crippen LogP contribution in [0.25, 0.3) is 0 Å². The number of anilines is 1. The van der Waals surface area contributed by atoms with E-state index in [1.807, 2.05) is 18.1 Å². The monoisotopic (exact) mass is 355 g/mol. The fourth-order valence-corrected chi connectivity index (χ4v) is 2.99. The number of amidine groups is 1. The Labute approximate surface area is 145 Å². The lowest BCUT2D eigenvalue weighted by Gasteiger charge is -2.31. The first-order chi connectivity index (χ1) is 11.0. The maximum Gasteiger partial charge on any atom is 0.243 e. The molecule has 6 nitrogen and oxygen atoms in total. The molecule has 0 bridgehead atoms. The zero-order chi connectivity index (χ0) is 16.4. The molecule has 0 saturated carbocycles. The lowest BCUT2D eigenvalue weighted by atomic mass is 10.2. The smallest absolute Gasteiger partial charge is 0.243 e. The molecule has 0 radical (unpaired) electrons. The lowest BCUT2D eigenvalue weighted by Crippen LogP contribution is -2.56. The summed E-state index contributed by atoms with van der Waals surface area (Å²) in [7, 11) is 1.96. The van der Waals surface area contributed by atoms with Crippen molar-refractivity contribution in [2.45, 2.75) is 12.5 Å². The summed E-state index contributed by atoms with van der Waals surface area (Å²) in [6.07, 6.45) is 0.690. The number of carbonyl (C=O) groups is 1. The van der Waals surface area contributed by atoms with Gasteiger partial charge in [0.25, 0.3) is 0 Å². The largest absolute Gasteiger partial charge is 0.313 e. The molecule has 2 N–H and O–H groups in total. The van der Waals surface area contributed by atoms with Crippen molar-refractivity contribution in [3.05, 3.63) is 28.2 Å². The maximum absolute atomic E-state index is 12.4. The van der Waals surface area contributed by atoms with Crippen LogP contribution in [0, 0.1) is 0 Å². The summed E-state index contributed by atoms with van der Waals surface area (Å²) >= 11 is 12.0. The summed E-state index contributed by atoms with van der Waals surface area (Å²) < 4.78 is 0. The van der Waals surface area contributed by atoms with Crippen molar-refractivity contribution in [3.63, 3.8) is 0 Å². The fraction of sp³-hybridized carbons (Fsp3) is 0.467. The van der Waals surface area contributed by atoms with Gasteiger partial charge in [0, 0.05) is 32.6 Å². The number of nitrogens with one attached hydrogen (secondary N) is 2. The van der Waals surface area contributed by atoms with Gasteiger partial charge in [-0.05, 0) is 25.2 Å². The summed E-state index contributed by atoms with van der Waals surface area (Å²) in [5.41, 5.74) is 0.861. The van der Waals surface area contributed by atoms with Crippen LogP contribution in [-0.2, 0) is 4.79 Å². The van der Waals surface area contributed by atoms with Gasteiger partial charge in [-0.3, -0.25) is 14.7 Å². The van der Waals surface area contributed by atoms with Gasteiger partial charge in [-0.1, -0.05) is 23.2 Å². The van der Waals surface area contributed by atoms with E-state index >= 15 is 0 Å². The van der Waals surface area contributed by atoms with E-state index in [1.165, 1.54) is 0 Å². The molecule has 0 spiro atoms. The number of hydrazone groups is 1. The van der Waals surface area contributed by atoms with Crippen molar-refractivity contribution in [3.8, 4) is 0 Å². The number of amides is 1. The van der Waals surface area contributed by atoms with Crippen LogP contribution in [0.5, 0.6) is 0 Å². The predicted octanol–water partition coefficient (Wildman–Crippen LogP) is 1.54. The van der Waals surface area contributed by atoms with E-state index in [2.05, 4.69) is 20.6 Å². The van der Waals surface area contributed by atoms with Crippen LogP contribution in [0.2, 0.25) is 10.0 Å². The lowest BCUT2D eigenvalue weighted by molar-refractivity contribution is -0.125. The Hall–Kier alpha value is -1.34. The highest BCUT2D eigenvalue weighted by molar-refractivity contribution is 6.42. The first-order valence-electron chi connectivity index (χ1n) is 7.56. The van der Waals surface area contributed by atoms with Gasteiger partial charge in [0.05, 0.1) is 15.7 Å². The van der Waals surface area contributed by atoms with Crippen molar-refractivity contribution < 1.29 is 4.79 Å². The van der Waals surface area contributed by atoms with Crippen LogP contribution in [0.1, 0.15) is 6.42 Å². The van der Waals surface area contributed by atoms with Crippen molar-refractivity contribution in [1.29, 1.82) is 0 Å². The first-order valence-corrected chi connectivity index (χ1v) is 8.32. The third-order valence-corrected chi connectivity index (χ3v) is 4.82. The Balaban J connectivity index is 1.65. The first kappa shape index (κ1) is 16.5. The van der Waals surface area contributed by atoms with Crippen molar-refractivity contribution in [2.75, 3.05) is 38.2 Å². The average molecular weight is 356 g/mol. The van der Waals surface area contributed by atoms with Crippen LogP contribution >= 0.6 is 23.2 Å². The van der Waals surface area contributed by atoms with Crippen molar-refractivity contribution in [1.82, 2.24) is 15.5 Å². The highest BCUT2D eigenvalue weighted by Gasteiger charge is 2.27. The molecule has 8 heteroatoms. The van der Waals surface area contributed by atoms with E-state index < -0.39 is 0 Å². The van der Waals surface area contributed by atoms with Gasteiger partial charge in [-0.2, -0.15) is 5.10 Å². The molecule has 1 saturated heterocycles. The number of hydrogen-bond donors (Lipinski definition) is 2. The standard InChI is InChI=1S/C15H19Cl2N5O/c1-21-7-5-18-9-13(21)15(23)19-14-4-6-22(20-14)10-2-3-11(16)12(17)8-10/h2-3,8,13,18H,4-7,9H2,1H3,(H,19,20,23). The molecule has 1 fully saturated rings. The molecule has 1 unspecified atom stereocenters. The number of piperazine rings is 1. The van der Waals surface area contributed by atoms with Gasteiger partial charge in [0.1, 0.15) is 11.9 Å². The highest BCUT2D eigenvalue weighted by Crippen LogP contribution is 2.28. The van der Waals surface area contributed by atoms with Crippen LogP contribution in [-0.4, -0.2) is 55.9 Å². The third-order valence-electron chi connectivity index (χ3n) is 4.08. The molecule has 124 valence electrons. The third kappa shape index (κ3) is 3.77. The summed E-state index contributed by atoms with van der Waals surface area (Å²) in [5, 5.41) is 13.5. The van der Waals surface area contributed by atoms with Gasteiger partial charge < -0.3 is 10.6 Å². The quantitative estimate of drug-likeness (QED) is 0.844. The topological polar surface area (TPSA) is 60.0 Å². The van der Waals surface area contributed by atoms with Crippen LogP contribution in [0.4, 0.5) is 5.69 Å². The number of benzene rings is 1. The Kier molecular flexibility index (Phi) is 5.06. The molecule has 0 aliphatic carbocycles. The number of likely N-dealkylation sites (N-methyl/N-ethyl adjacent to an activating group) is 1. The molecule has 0 aromatic heterocycles. The van der Waals surface area contributed by atoms with Gasteiger partial charge >= 0.3 is 0 Å². The fourth-order valence-electron chi connectivity index (χ4n) is 2.70. The molecule has 1 aromatic carbocycles. The van der Waals surface area contributed by atoms with Gasteiger partial charge in [0.2, 0.25) is 5.91 Å². The Morgan fingerprint density at radius 3 is 2.91 bits per heavy atom. The summed E-state index contributed by atoms with van der Waals surface area (Å²) in [5.74, 6) is 0.662. The van der Waals surface area contributed by atoms with Crippen LogP contribution in [0.3, 0.4) is 0 Å². The second kappa shape index (κ2) is 7.05. The second-order valence-corrected chi connectivity index (χ2v) is 6.52. The predicted molar refractivity (Wildman–Crippen MR) is 93.3 cm³/mol. The van der Waals surface area contributed by atoms with E-state index in [9.17, 15) is 4.79 Å². The highest BCUT2D eigenvalue weighted by atomic mass is 35.5. The zero-order valence-electron chi connectivity index (χ0n) is 12.9. The second-order valence-electron chi connectivity index (χ2n) is 5.71. The summed E-state index contributed by atoms with van der Waals surface area (Å²) in [4.78, 5) is 14.4.